The lowest BCUT2D eigenvalue weighted by Crippen LogP contribution is -2.45. The van der Waals surface area contributed by atoms with Crippen molar-refractivity contribution in [3.8, 4) is 0 Å². The lowest BCUT2D eigenvalue weighted by atomic mass is 9.88. The third-order valence-corrected chi connectivity index (χ3v) is 8.20. The molecule has 9 heteroatoms. The molecule has 2 aromatic carbocycles. The van der Waals surface area contributed by atoms with Crippen molar-refractivity contribution in [1.82, 2.24) is 14.8 Å². The van der Waals surface area contributed by atoms with Gasteiger partial charge in [-0.1, -0.05) is 47.5 Å². The Balaban J connectivity index is 1.58. The summed E-state index contributed by atoms with van der Waals surface area (Å²) < 4.78 is 6.20. The second-order valence-electron chi connectivity index (χ2n) is 10.2. The monoisotopic (exact) mass is 555 g/mol. The minimum absolute atomic E-state index is 0.0333. The molecule has 1 amide bonds. The van der Waals surface area contributed by atoms with Gasteiger partial charge < -0.3 is 14.9 Å². The topological polar surface area (TPSA) is 86.1 Å². The Bertz CT molecular complexity index is 1320. The standard InChI is InChI=1S/C29H31Cl2N3O4/c1-28(37,18-33-13-3-4-24(33)17-35)20-7-12-26-25(14-20)27(36)34(16-23-11-10-22(31)15-32-23)29(26,38-2)19-5-8-21(30)9-6-19/h5-12,14-15,24,35,37H,3-4,13,16-18H2,1-2H3/t24-,28?,29-/m1/s1. The van der Waals surface area contributed by atoms with Gasteiger partial charge in [-0.25, -0.2) is 0 Å². The number of nitrogens with zero attached hydrogens (tertiary/aromatic N) is 3. The molecule has 0 spiro atoms. The van der Waals surface area contributed by atoms with Crippen molar-refractivity contribution in [1.29, 1.82) is 0 Å². The number of methoxy groups -OCH3 is 1. The largest absolute Gasteiger partial charge is 0.395 e. The first kappa shape index (κ1) is 27.1. The number of hydrogen-bond donors (Lipinski definition) is 2. The maximum Gasteiger partial charge on any atom is 0.257 e. The highest BCUT2D eigenvalue weighted by atomic mass is 35.5. The predicted octanol–water partition coefficient (Wildman–Crippen LogP) is 4.56. The number of likely N-dealkylation sites (tertiary alicyclic amines) is 1. The van der Waals surface area contributed by atoms with E-state index in [2.05, 4.69) is 9.88 Å². The SMILES string of the molecule is CO[C@]1(c2ccc(Cl)cc2)c2ccc(C(C)(O)CN3CCC[C@@H]3CO)cc2C(=O)N1Cc1ccc(Cl)cn1. The fourth-order valence-corrected chi connectivity index (χ4v) is 5.99. The van der Waals surface area contributed by atoms with E-state index in [1.807, 2.05) is 24.3 Å². The second-order valence-corrected chi connectivity index (χ2v) is 11.1. The first-order valence-electron chi connectivity index (χ1n) is 12.7. The predicted molar refractivity (Wildman–Crippen MR) is 146 cm³/mol. The third-order valence-electron chi connectivity index (χ3n) is 7.72. The van der Waals surface area contributed by atoms with Crippen LogP contribution in [-0.2, 0) is 22.6 Å². The number of rotatable bonds is 8. The van der Waals surface area contributed by atoms with E-state index in [4.69, 9.17) is 27.9 Å². The number of carbonyl (C=O) groups excluding carboxylic acids is 1. The molecule has 1 saturated heterocycles. The quantitative estimate of drug-likeness (QED) is 0.424. The summed E-state index contributed by atoms with van der Waals surface area (Å²) in [6, 6.07) is 16.3. The molecule has 200 valence electrons. The summed E-state index contributed by atoms with van der Waals surface area (Å²) in [6.45, 7) is 3.16. The van der Waals surface area contributed by atoms with Crippen LogP contribution in [0, 0.1) is 0 Å². The zero-order valence-electron chi connectivity index (χ0n) is 21.4. The van der Waals surface area contributed by atoms with Gasteiger partial charge >= 0.3 is 0 Å². The van der Waals surface area contributed by atoms with Crippen LogP contribution in [0.15, 0.2) is 60.8 Å². The number of β-amino-alcohol motifs (C(OH)–C–C–N with tert-alkyl or cyclic N) is 1. The Morgan fingerprint density at radius 2 is 1.87 bits per heavy atom. The highest BCUT2D eigenvalue weighted by Crippen LogP contribution is 2.47. The molecular weight excluding hydrogens is 525 g/mol. The van der Waals surface area contributed by atoms with Gasteiger partial charge in [0.25, 0.3) is 5.91 Å². The number of amides is 1. The van der Waals surface area contributed by atoms with Crippen LogP contribution in [0.1, 0.15) is 52.5 Å². The molecule has 3 atom stereocenters. The summed E-state index contributed by atoms with van der Waals surface area (Å²) >= 11 is 12.2. The van der Waals surface area contributed by atoms with E-state index >= 15 is 0 Å². The first-order chi connectivity index (χ1) is 18.2. The molecule has 38 heavy (non-hydrogen) atoms. The number of halogens is 2. The molecule has 0 aliphatic carbocycles. The van der Waals surface area contributed by atoms with Crippen LogP contribution in [0.25, 0.3) is 0 Å². The maximum atomic E-state index is 14.0. The zero-order valence-corrected chi connectivity index (χ0v) is 22.9. The maximum absolute atomic E-state index is 14.0. The molecule has 0 radical (unpaired) electrons. The van der Waals surface area contributed by atoms with Crippen molar-refractivity contribution in [2.45, 2.75) is 43.7 Å². The number of aliphatic hydroxyl groups is 2. The molecule has 0 bridgehead atoms. The Labute approximate surface area is 232 Å². The van der Waals surface area contributed by atoms with Gasteiger partial charge in [-0.3, -0.25) is 19.6 Å². The molecule has 7 nitrogen and oxygen atoms in total. The van der Waals surface area contributed by atoms with E-state index < -0.39 is 11.3 Å². The molecule has 1 unspecified atom stereocenters. The number of aliphatic hydroxyl groups excluding tert-OH is 1. The average molecular weight is 556 g/mol. The van der Waals surface area contributed by atoms with Crippen molar-refractivity contribution in [2.24, 2.45) is 0 Å². The molecular formula is C29H31Cl2N3O4. The van der Waals surface area contributed by atoms with Gasteiger partial charge in [0.2, 0.25) is 0 Å². The minimum atomic E-state index is -1.23. The Kier molecular flexibility index (Phi) is 7.52. The lowest BCUT2D eigenvalue weighted by Gasteiger charge is -2.38. The van der Waals surface area contributed by atoms with Gasteiger partial charge in [-0.2, -0.15) is 0 Å². The van der Waals surface area contributed by atoms with Gasteiger partial charge in [-0.05, 0) is 62.2 Å². The van der Waals surface area contributed by atoms with Crippen molar-refractivity contribution in [3.63, 3.8) is 0 Å². The van der Waals surface area contributed by atoms with Crippen LogP contribution >= 0.6 is 23.2 Å². The summed E-state index contributed by atoms with van der Waals surface area (Å²) in [5.41, 5.74) is 0.702. The van der Waals surface area contributed by atoms with Crippen molar-refractivity contribution >= 4 is 29.1 Å². The van der Waals surface area contributed by atoms with Crippen LogP contribution < -0.4 is 0 Å². The minimum Gasteiger partial charge on any atom is -0.395 e. The van der Waals surface area contributed by atoms with E-state index in [9.17, 15) is 15.0 Å². The van der Waals surface area contributed by atoms with Gasteiger partial charge in [0.15, 0.2) is 5.72 Å². The number of carbonyl (C=O) groups is 1. The van der Waals surface area contributed by atoms with Crippen LogP contribution in [0.5, 0.6) is 0 Å². The summed E-state index contributed by atoms with van der Waals surface area (Å²) in [4.78, 5) is 22.2. The molecule has 0 saturated carbocycles. The fraction of sp³-hybridized carbons (Fsp3) is 0.379. The van der Waals surface area contributed by atoms with E-state index in [1.165, 1.54) is 0 Å². The average Bonchev–Trinajstić information content (AvgIpc) is 3.45. The van der Waals surface area contributed by atoms with Gasteiger partial charge in [0.1, 0.15) is 0 Å². The third kappa shape index (κ3) is 4.72. The Morgan fingerprint density at radius 3 is 2.53 bits per heavy atom. The van der Waals surface area contributed by atoms with Crippen molar-refractivity contribution in [3.05, 3.63) is 98.8 Å². The lowest BCUT2D eigenvalue weighted by molar-refractivity contribution is -0.0868. The highest BCUT2D eigenvalue weighted by Gasteiger charge is 2.52. The Morgan fingerprint density at radius 1 is 1.13 bits per heavy atom. The van der Waals surface area contributed by atoms with Crippen molar-refractivity contribution in [2.75, 3.05) is 26.8 Å². The van der Waals surface area contributed by atoms with Crippen LogP contribution in [-0.4, -0.2) is 63.8 Å². The number of hydrogen-bond acceptors (Lipinski definition) is 6. The summed E-state index contributed by atoms with van der Waals surface area (Å²) in [5.74, 6) is -0.236. The number of aromatic nitrogens is 1. The van der Waals surface area contributed by atoms with Crippen LogP contribution in [0.2, 0.25) is 10.0 Å². The number of pyridine rings is 1. The van der Waals surface area contributed by atoms with E-state index in [0.717, 1.165) is 24.9 Å². The first-order valence-corrected chi connectivity index (χ1v) is 13.4. The normalized spacial score (nSPS) is 23.1. The summed E-state index contributed by atoms with van der Waals surface area (Å²) in [5, 5.41) is 22.3. The van der Waals surface area contributed by atoms with Gasteiger partial charge in [0.05, 0.1) is 29.5 Å². The highest BCUT2D eigenvalue weighted by molar-refractivity contribution is 6.30. The molecule has 1 aromatic heterocycles. The van der Waals surface area contributed by atoms with E-state index in [1.54, 1.807) is 55.5 Å². The number of benzene rings is 2. The van der Waals surface area contributed by atoms with E-state index in [-0.39, 0.29) is 25.1 Å². The van der Waals surface area contributed by atoms with Gasteiger partial charge in [0, 0.05) is 47.6 Å². The molecule has 3 heterocycles. The van der Waals surface area contributed by atoms with E-state index in [0.29, 0.717) is 39.0 Å². The summed E-state index contributed by atoms with van der Waals surface area (Å²) in [6.07, 6.45) is 3.43. The molecule has 1 fully saturated rings. The summed E-state index contributed by atoms with van der Waals surface area (Å²) in [7, 11) is 1.58. The van der Waals surface area contributed by atoms with Crippen LogP contribution in [0.4, 0.5) is 0 Å². The fourth-order valence-electron chi connectivity index (χ4n) is 5.75. The van der Waals surface area contributed by atoms with Gasteiger partial charge in [-0.15, -0.1) is 0 Å². The second kappa shape index (κ2) is 10.6. The molecule has 2 aliphatic rings. The Hall–Kier alpha value is -2.52. The number of ether oxygens (including phenoxy) is 1. The molecule has 3 aromatic rings. The molecule has 2 N–H and O–H groups in total. The van der Waals surface area contributed by atoms with Crippen LogP contribution in [0.3, 0.4) is 0 Å². The smallest absolute Gasteiger partial charge is 0.257 e. The molecule has 5 rings (SSSR count). The number of fused-ring (bicyclic) bond motifs is 1. The zero-order chi connectivity index (χ0) is 27.1. The van der Waals surface area contributed by atoms with Crippen molar-refractivity contribution < 1.29 is 19.7 Å². The molecule has 2 aliphatic heterocycles.